The Kier molecular flexibility index (Phi) is 6.23. The first kappa shape index (κ1) is 21.6. The minimum atomic E-state index is -0.630. The fraction of sp³-hybridized carbons (Fsp3) is 0.348. The zero-order valence-electron chi connectivity index (χ0n) is 17.7. The van der Waals surface area contributed by atoms with E-state index >= 15 is 0 Å². The van der Waals surface area contributed by atoms with Gasteiger partial charge in [-0.05, 0) is 56.9 Å². The summed E-state index contributed by atoms with van der Waals surface area (Å²) in [4.78, 5) is 17.2. The van der Waals surface area contributed by atoms with Gasteiger partial charge in [0.15, 0.2) is 0 Å². The lowest BCUT2D eigenvalue weighted by molar-refractivity contribution is 0.0196. The van der Waals surface area contributed by atoms with Crippen LogP contribution in [0.25, 0.3) is 11.3 Å². The second-order valence-electron chi connectivity index (χ2n) is 8.24. The number of hydrogen-bond donors (Lipinski definition) is 3. The summed E-state index contributed by atoms with van der Waals surface area (Å²) in [5, 5.41) is 26.1. The first-order chi connectivity index (χ1) is 15.4. The van der Waals surface area contributed by atoms with E-state index in [2.05, 4.69) is 36.6 Å². The van der Waals surface area contributed by atoms with Gasteiger partial charge in [0.2, 0.25) is 5.95 Å². The molecule has 164 valence electrons. The molecule has 0 bridgehead atoms. The molecule has 2 aromatic heterocycles. The Labute approximate surface area is 185 Å². The van der Waals surface area contributed by atoms with Crippen LogP contribution in [0.5, 0.6) is 0 Å². The maximum Gasteiger partial charge on any atom is 0.224 e. The fourth-order valence-corrected chi connectivity index (χ4v) is 3.77. The Morgan fingerprint density at radius 2 is 1.94 bits per heavy atom. The predicted molar refractivity (Wildman–Crippen MR) is 118 cm³/mol. The quantitative estimate of drug-likeness (QED) is 0.539. The monoisotopic (exact) mass is 433 g/mol. The van der Waals surface area contributed by atoms with Crippen LogP contribution >= 0.6 is 0 Å². The highest BCUT2D eigenvalue weighted by molar-refractivity contribution is 5.63. The van der Waals surface area contributed by atoms with Crippen LogP contribution in [0.3, 0.4) is 0 Å². The SMILES string of the molecule is CC1(O)CCC(Nc2nc(NCc3cncnc3-c3ccc(F)cc3)ncc2C#N)CC1. The summed E-state index contributed by atoms with van der Waals surface area (Å²) in [6.45, 7) is 2.20. The molecular weight excluding hydrogens is 409 g/mol. The van der Waals surface area contributed by atoms with Gasteiger partial charge in [0.05, 0.1) is 17.5 Å². The molecule has 0 radical (unpaired) electrons. The Morgan fingerprint density at radius 3 is 2.66 bits per heavy atom. The van der Waals surface area contributed by atoms with Crippen molar-refractivity contribution >= 4 is 11.8 Å². The van der Waals surface area contributed by atoms with Crippen molar-refractivity contribution in [3.63, 3.8) is 0 Å². The lowest BCUT2D eigenvalue weighted by Crippen LogP contribution is -2.36. The van der Waals surface area contributed by atoms with Crippen molar-refractivity contribution in [2.24, 2.45) is 0 Å². The molecule has 0 unspecified atom stereocenters. The van der Waals surface area contributed by atoms with Gasteiger partial charge >= 0.3 is 0 Å². The van der Waals surface area contributed by atoms with Gasteiger partial charge in [0.25, 0.3) is 0 Å². The van der Waals surface area contributed by atoms with Crippen molar-refractivity contribution in [2.75, 3.05) is 10.6 Å². The number of aliphatic hydroxyl groups is 1. The third-order valence-corrected chi connectivity index (χ3v) is 5.66. The molecule has 1 aliphatic rings. The van der Waals surface area contributed by atoms with Crippen molar-refractivity contribution in [1.29, 1.82) is 5.26 Å². The third-order valence-electron chi connectivity index (χ3n) is 5.66. The third kappa shape index (κ3) is 5.15. The van der Waals surface area contributed by atoms with E-state index in [1.165, 1.54) is 24.7 Å². The number of nitriles is 1. The molecule has 9 heteroatoms. The van der Waals surface area contributed by atoms with E-state index in [-0.39, 0.29) is 11.9 Å². The van der Waals surface area contributed by atoms with E-state index in [0.29, 0.717) is 42.4 Å². The summed E-state index contributed by atoms with van der Waals surface area (Å²) in [5.41, 5.74) is 2.00. The summed E-state index contributed by atoms with van der Waals surface area (Å²) in [6.07, 6.45) is 7.62. The van der Waals surface area contributed by atoms with Gasteiger partial charge in [0, 0.05) is 29.9 Å². The standard InChI is InChI=1S/C23H24FN7O/c1-23(32)8-6-19(7-9-23)30-21-16(10-25)12-27-22(31-21)28-13-17-11-26-14-29-20(17)15-2-4-18(24)5-3-15/h2-5,11-12,14,19,32H,6-9,13H2,1H3,(H2,27,28,30,31). The van der Waals surface area contributed by atoms with Crippen molar-refractivity contribution in [3.05, 3.63) is 59.9 Å². The van der Waals surface area contributed by atoms with E-state index in [1.807, 2.05) is 6.92 Å². The maximum absolute atomic E-state index is 13.3. The molecule has 0 spiro atoms. The summed E-state index contributed by atoms with van der Waals surface area (Å²) >= 11 is 0. The molecule has 4 rings (SSSR count). The van der Waals surface area contributed by atoms with Crippen LogP contribution in [0, 0.1) is 17.1 Å². The molecule has 2 heterocycles. The smallest absolute Gasteiger partial charge is 0.224 e. The van der Waals surface area contributed by atoms with Gasteiger partial charge < -0.3 is 15.7 Å². The molecule has 1 fully saturated rings. The Morgan fingerprint density at radius 1 is 1.19 bits per heavy atom. The Bertz CT molecular complexity index is 1120. The maximum atomic E-state index is 13.3. The normalized spacial score (nSPS) is 20.4. The topological polar surface area (TPSA) is 120 Å². The van der Waals surface area contributed by atoms with E-state index in [0.717, 1.165) is 24.0 Å². The number of nitrogens with one attached hydrogen (secondary N) is 2. The molecule has 3 aromatic rings. The van der Waals surface area contributed by atoms with Gasteiger partial charge in [-0.2, -0.15) is 10.2 Å². The van der Waals surface area contributed by atoms with E-state index in [1.54, 1.807) is 18.3 Å². The van der Waals surface area contributed by atoms with Gasteiger partial charge in [-0.15, -0.1) is 0 Å². The molecule has 32 heavy (non-hydrogen) atoms. The molecule has 1 saturated carbocycles. The number of halogens is 1. The van der Waals surface area contributed by atoms with Crippen molar-refractivity contribution in [2.45, 2.75) is 50.8 Å². The Hall–Kier alpha value is -3.64. The number of anilines is 2. The summed E-state index contributed by atoms with van der Waals surface area (Å²) in [7, 11) is 0. The number of nitrogens with zero attached hydrogens (tertiary/aromatic N) is 5. The van der Waals surface area contributed by atoms with E-state index < -0.39 is 5.60 Å². The predicted octanol–water partition coefficient (Wildman–Crippen LogP) is 3.66. The highest BCUT2D eigenvalue weighted by Gasteiger charge is 2.29. The Balaban J connectivity index is 1.48. The van der Waals surface area contributed by atoms with Crippen LogP contribution in [-0.2, 0) is 6.54 Å². The first-order valence-electron chi connectivity index (χ1n) is 10.5. The second-order valence-corrected chi connectivity index (χ2v) is 8.24. The number of aromatic nitrogens is 4. The zero-order valence-corrected chi connectivity index (χ0v) is 17.7. The summed E-state index contributed by atoms with van der Waals surface area (Å²) in [6, 6.07) is 8.38. The van der Waals surface area contributed by atoms with Crippen LogP contribution in [0.1, 0.15) is 43.7 Å². The molecule has 0 atom stereocenters. The zero-order chi connectivity index (χ0) is 22.6. The molecule has 1 aromatic carbocycles. The van der Waals surface area contributed by atoms with Crippen molar-refractivity contribution < 1.29 is 9.50 Å². The van der Waals surface area contributed by atoms with Gasteiger partial charge in [0.1, 0.15) is 29.6 Å². The number of rotatable bonds is 6. The first-order valence-corrected chi connectivity index (χ1v) is 10.5. The van der Waals surface area contributed by atoms with Crippen LogP contribution in [-0.4, -0.2) is 36.7 Å². The second kappa shape index (κ2) is 9.24. The fourth-order valence-electron chi connectivity index (χ4n) is 3.77. The molecule has 0 aliphatic heterocycles. The molecule has 8 nitrogen and oxygen atoms in total. The average Bonchev–Trinajstić information content (AvgIpc) is 2.80. The minimum absolute atomic E-state index is 0.137. The molecule has 0 saturated heterocycles. The minimum Gasteiger partial charge on any atom is -0.390 e. The molecular formula is C23H24FN7O. The largest absolute Gasteiger partial charge is 0.390 e. The average molecular weight is 433 g/mol. The van der Waals surface area contributed by atoms with Gasteiger partial charge in [-0.25, -0.2) is 19.3 Å². The van der Waals surface area contributed by atoms with E-state index in [4.69, 9.17) is 0 Å². The lowest BCUT2D eigenvalue weighted by Gasteiger charge is -2.33. The highest BCUT2D eigenvalue weighted by atomic mass is 19.1. The van der Waals surface area contributed by atoms with Crippen molar-refractivity contribution in [3.8, 4) is 17.3 Å². The van der Waals surface area contributed by atoms with Gasteiger partial charge in [-0.3, -0.25) is 0 Å². The van der Waals surface area contributed by atoms with Crippen LogP contribution in [0.4, 0.5) is 16.2 Å². The van der Waals surface area contributed by atoms with Crippen LogP contribution in [0.2, 0.25) is 0 Å². The summed E-state index contributed by atoms with van der Waals surface area (Å²) in [5.74, 6) is 0.526. The van der Waals surface area contributed by atoms with Crippen molar-refractivity contribution in [1.82, 2.24) is 19.9 Å². The van der Waals surface area contributed by atoms with Crippen LogP contribution in [0.15, 0.2) is 43.0 Å². The summed E-state index contributed by atoms with van der Waals surface area (Å²) < 4.78 is 13.3. The van der Waals surface area contributed by atoms with Crippen LogP contribution < -0.4 is 10.6 Å². The molecule has 3 N–H and O–H groups in total. The number of hydrogen-bond acceptors (Lipinski definition) is 8. The van der Waals surface area contributed by atoms with Gasteiger partial charge in [-0.1, -0.05) is 0 Å². The number of benzene rings is 1. The molecule has 1 aliphatic carbocycles. The lowest BCUT2D eigenvalue weighted by atomic mass is 9.83. The highest BCUT2D eigenvalue weighted by Crippen LogP contribution is 2.30. The molecule has 0 amide bonds. The van der Waals surface area contributed by atoms with E-state index in [9.17, 15) is 14.8 Å².